The first kappa shape index (κ1) is 17.5. The first-order chi connectivity index (χ1) is 13.1. The fourth-order valence-electron chi connectivity index (χ4n) is 3.18. The molecule has 0 N–H and O–H groups in total. The van der Waals surface area contributed by atoms with E-state index < -0.39 is 0 Å². The zero-order valence-electron chi connectivity index (χ0n) is 14.8. The van der Waals surface area contributed by atoms with E-state index in [1.54, 1.807) is 7.11 Å². The van der Waals surface area contributed by atoms with Gasteiger partial charge >= 0.3 is 0 Å². The van der Waals surface area contributed by atoms with Gasteiger partial charge in [-0.05, 0) is 29.8 Å². The van der Waals surface area contributed by atoms with Crippen molar-refractivity contribution in [3.8, 4) is 17.1 Å². The highest BCUT2D eigenvalue weighted by Gasteiger charge is 2.34. The first-order valence-corrected chi connectivity index (χ1v) is 9.00. The summed E-state index contributed by atoms with van der Waals surface area (Å²) >= 11 is 5.92. The second kappa shape index (κ2) is 7.40. The number of aromatic nitrogens is 2. The lowest BCUT2D eigenvalue weighted by atomic mass is 10.1. The number of carbonyl (C=O) groups excluding carboxylic acids is 1. The van der Waals surface area contributed by atoms with Gasteiger partial charge in [0.2, 0.25) is 17.6 Å². The highest BCUT2D eigenvalue weighted by molar-refractivity contribution is 6.30. The molecule has 1 saturated heterocycles. The van der Waals surface area contributed by atoms with Crippen molar-refractivity contribution in [1.29, 1.82) is 0 Å². The van der Waals surface area contributed by atoms with E-state index in [4.69, 9.17) is 20.9 Å². The molecule has 1 aliphatic rings. The van der Waals surface area contributed by atoms with E-state index >= 15 is 0 Å². The van der Waals surface area contributed by atoms with E-state index in [-0.39, 0.29) is 11.8 Å². The molecule has 138 valence electrons. The van der Waals surface area contributed by atoms with Crippen molar-refractivity contribution in [3.63, 3.8) is 0 Å². The van der Waals surface area contributed by atoms with E-state index in [0.29, 0.717) is 36.2 Å². The Morgan fingerprint density at radius 2 is 2.07 bits per heavy atom. The smallest absolute Gasteiger partial charge is 0.232 e. The van der Waals surface area contributed by atoms with Gasteiger partial charge < -0.3 is 14.2 Å². The van der Waals surface area contributed by atoms with Crippen LogP contribution in [0.15, 0.2) is 53.1 Å². The maximum Gasteiger partial charge on any atom is 0.232 e. The third kappa shape index (κ3) is 3.80. The summed E-state index contributed by atoms with van der Waals surface area (Å²) in [6, 6.07) is 15.0. The molecule has 3 aromatic rings. The van der Waals surface area contributed by atoms with Crippen LogP contribution >= 0.6 is 11.6 Å². The van der Waals surface area contributed by atoms with Gasteiger partial charge in [-0.2, -0.15) is 4.98 Å². The zero-order chi connectivity index (χ0) is 18.8. The molecule has 1 unspecified atom stereocenters. The summed E-state index contributed by atoms with van der Waals surface area (Å²) in [5.41, 5.74) is 1.85. The molecule has 1 amide bonds. The number of methoxy groups -OCH3 is 1. The van der Waals surface area contributed by atoms with E-state index in [2.05, 4.69) is 10.1 Å². The summed E-state index contributed by atoms with van der Waals surface area (Å²) in [5.74, 6) is 1.68. The SMILES string of the molecule is COc1cccc(-c2noc(C3CC(=O)N(Cc4ccc(Cl)cc4)C3)n2)c1. The Balaban J connectivity index is 1.47. The minimum Gasteiger partial charge on any atom is -0.497 e. The molecular weight excluding hydrogens is 366 g/mol. The third-order valence-electron chi connectivity index (χ3n) is 4.62. The lowest BCUT2D eigenvalue weighted by Crippen LogP contribution is -2.24. The molecule has 1 fully saturated rings. The number of nitrogens with zero attached hydrogens (tertiary/aromatic N) is 3. The molecule has 1 aliphatic heterocycles. The van der Waals surface area contributed by atoms with Crippen molar-refractivity contribution < 1.29 is 14.1 Å². The largest absolute Gasteiger partial charge is 0.497 e. The fourth-order valence-corrected chi connectivity index (χ4v) is 3.31. The number of carbonyl (C=O) groups is 1. The van der Waals surface area contributed by atoms with Gasteiger partial charge in [-0.25, -0.2) is 0 Å². The van der Waals surface area contributed by atoms with Gasteiger partial charge in [-0.15, -0.1) is 0 Å². The molecule has 7 heteroatoms. The summed E-state index contributed by atoms with van der Waals surface area (Å²) in [5, 5.41) is 4.74. The maximum atomic E-state index is 12.4. The maximum absolute atomic E-state index is 12.4. The molecule has 27 heavy (non-hydrogen) atoms. The normalized spacial score (nSPS) is 16.7. The predicted octanol–water partition coefficient (Wildman–Crippen LogP) is 3.91. The summed E-state index contributed by atoms with van der Waals surface area (Å²) in [6.07, 6.45) is 0.368. The topological polar surface area (TPSA) is 68.5 Å². The number of ether oxygens (including phenoxy) is 1. The van der Waals surface area contributed by atoms with Gasteiger partial charge in [-0.3, -0.25) is 4.79 Å². The molecule has 1 atom stereocenters. The number of hydrogen-bond acceptors (Lipinski definition) is 5. The Kier molecular flexibility index (Phi) is 4.81. The van der Waals surface area contributed by atoms with Gasteiger partial charge in [0, 0.05) is 30.1 Å². The van der Waals surface area contributed by atoms with E-state index in [0.717, 1.165) is 16.9 Å². The number of amides is 1. The van der Waals surface area contributed by atoms with Crippen LogP contribution in [0.5, 0.6) is 5.75 Å². The van der Waals surface area contributed by atoms with Crippen molar-refractivity contribution in [2.45, 2.75) is 18.9 Å². The fraction of sp³-hybridized carbons (Fsp3) is 0.250. The molecular formula is C20H18ClN3O3. The van der Waals surface area contributed by atoms with Crippen LogP contribution in [0.1, 0.15) is 23.8 Å². The quantitative estimate of drug-likeness (QED) is 0.668. The van der Waals surface area contributed by atoms with Crippen molar-refractivity contribution in [1.82, 2.24) is 15.0 Å². The summed E-state index contributed by atoms with van der Waals surface area (Å²) in [4.78, 5) is 18.7. The molecule has 0 bridgehead atoms. The van der Waals surface area contributed by atoms with Crippen molar-refractivity contribution in [2.75, 3.05) is 13.7 Å². The van der Waals surface area contributed by atoms with E-state index in [1.807, 2.05) is 53.4 Å². The Hall–Kier alpha value is -2.86. The molecule has 1 aromatic heterocycles. The summed E-state index contributed by atoms with van der Waals surface area (Å²) < 4.78 is 10.7. The van der Waals surface area contributed by atoms with Gasteiger partial charge in [0.1, 0.15) is 5.75 Å². The number of rotatable bonds is 5. The summed E-state index contributed by atoms with van der Waals surface area (Å²) in [7, 11) is 1.61. The monoisotopic (exact) mass is 383 g/mol. The number of hydrogen-bond donors (Lipinski definition) is 0. The lowest BCUT2D eigenvalue weighted by Gasteiger charge is -2.16. The Labute approximate surface area is 161 Å². The summed E-state index contributed by atoms with van der Waals surface area (Å²) in [6.45, 7) is 1.10. The molecule has 6 nitrogen and oxygen atoms in total. The second-order valence-electron chi connectivity index (χ2n) is 6.49. The zero-order valence-corrected chi connectivity index (χ0v) is 15.5. The minimum absolute atomic E-state index is 0.0797. The van der Waals surface area contributed by atoms with Crippen LogP contribution in [0.2, 0.25) is 5.02 Å². The van der Waals surface area contributed by atoms with Crippen molar-refractivity contribution in [2.24, 2.45) is 0 Å². The first-order valence-electron chi connectivity index (χ1n) is 8.62. The van der Waals surface area contributed by atoms with Crippen LogP contribution in [-0.4, -0.2) is 34.6 Å². The molecule has 4 rings (SSSR count). The van der Waals surface area contributed by atoms with Crippen LogP contribution in [0.25, 0.3) is 11.4 Å². The Morgan fingerprint density at radius 1 is 1.26 bits per heavy atom. The minimum atomic E-state index is -0.100. The van der Waals surface area contributed by atoms with Crippen LogP contribution in [0.4, 0.5) is 0 Å². The molecule has 2 aromatic carbocycles. The third-order valence-corrected chi connectivity index (χ3v) is 4.87. The highest BCUT2D eigenvalue weighted by atomic mass is 35.5. The number of benzene rings is 2. The van der Waals surface area contributed by atoms with Gasteiger partial charge in [-0.1, -0.05) is 41.0 Å². The van der Waals surface area contributed by atoms with Crippen molar-refractivity contribution in [3.05, 3.63) is 65.0 Å². The molecule has 2 heterocycles. The van der Waals surface area contributed by atoms with Gasteiger partial charge in [0.15, 0.2) is 0 Å². The van der Waals surface area contributed by atoms with Crippen LogP contribution in [0.3, 0.4) is 0 Å². The van der Waals surface area contributed by atoms with Crippen LogP contribution in [0, 0.1) is 0 Å². The predicted molar refractivity (Wildman–Crippen MR) is 101 cm³/mol. The Morgan fingerprint density at radius 3 is 2.85 bits per heavy atom. The number of halogens is 1. The van der Waals surface area contributed by atoms with E-state index in [1.165, 1.54) is 0 Å². The molecule has 0 aliphatic carbocycles. The average molecular weight is 384 g/mol. The van der Waals surface area contributed by atoms with Gasteiger partial charge in [0.25, 0.3) is 0 Å². The number of likely N-dealkylation sites (tertiary alicyclic amines) is 1. The highest BCUT2D eigenvalue weighted by Crippen LogP contribution is 2.30. The molecule has 0 spiro atoms. The average Bonchev–Trinajstić information content (AvgIpc) is 3.31. The molecule has 0 saturated carbocycles. The van der Waals surface area contributed by atoms with Crippen LogP contribution in [-0.2, 0) is 11.3 Å². The Bertz CT molecular complexity index is 955. The van der Waals surface area contributed by atoms with Crippen LogP contribution < -0.4 is 4.74 Å². The van der Waals surface area contributed by atoms with Crippen molar-refractivity contribution >= 4 is 17.5 Å². The van der Waals surface area contributed by atoms with Gasteiger partial charge in [0.05, 0.1) is 13.0 Å². The standard InChI is InChI=1S/C20H18ClN3O3/c1-26-17-4-2-3-14(9-17)19-22-20(27-23-19)15-10-18(25)24(12-15)11-13-5-7-16(21)8-6-13/h2-9,15H,10-12H2,1H3. The lowest BCUT2D eigenvalue weighted by molar-refractivity contribution is -0.128. The van der Waals surface area contributed by atoms with E-state index in [9.17, 15) is 4.79 Å². The second-order valence-corrected chi connectivity index (χ2v) is 6.93. The molecule has 0 radical (unpaired) electrons.